The van der Waals surface area contributed by atoms with Crippen LogP contribution in [0.2, 0.25) is 0 Å². The van der Waals surface area contributed by atoms with Crippen LogP contribution in [0.5, 0.6) is 0 Å². The molecule has 110 valence electrons. The zero-order valence-corrected chi connectivity index (χ0v) is 13.3. The molecule has 0 saturated carbocycles. The summed E-state index contributed by atoms with van der Waals surface area (Å²) in [5.74, 6) is -0.137. The van der Waals surface area contributed by atoms with Crippen LogP contribution in [-0.2, 0) is 4.79 Å². The quantitative estimate of drug-likeness (QED) is 0.857. The normalized spacial score (nSPS) is 19.8. The van der Waals surface area contributed by atoms with E-state index in [0.29, 0.717) is 10.9 Å². The molecule has 1 amide bonds. The number of amidine groups is 1. The van der Waals surface area contributed by atoms with E-state index in [2.05, 4.69) is 10.4 Å². The van der Waals surface area contributed by atoms with Gasteiger partial charge in [-0.2, -0.15) is 11.3 Å². The highest BCUT2D eigenvalue weighted by molar-refractivity contribution is 8.13. The van der Waals surface area contributed by atoms with Crippen molar-refractivity contribution in [2.75, 3.05) is 6.26 Å². The molecule has 2 aliphatic rings. The van der Waals surface area contributed by atoms with Crippen LogP contribution in [0.3, 0.4) is 0 Å². The fourth-order valence-electron chi connectivity index (χ4n) is 2.56. The average molecular weight is 328 g/mol. The molecule has 4 rings (SSSR count). The zero-order valence-electron chi connectivity index (χ0n) is 11.7. The van der Waals surface area contributed by atoms with Crippen molar-refractivity contribution in [3.63, 3.8) is 0 Å². The largest absolute Gasteiger partial charge is 0.298 e. The summed E-state index contributed by atoms with van der Waals surface area (Å²) in [5.41, 5.74) is 1.59. The van der Waals surface area contributed by atoms with Crippen molar-refractivity contribution in [1.29, 1.82) is 0 Å². The number of hydrazone groups is 1. The van der Waals surface area contributed by atoms with Crippen molar-refractivity contribution in [3.05, 3.63) is 57.2 Å². The fourth-order valence-corrected chi connectivity index (χ4v) is 3.59. The topological polar surface area (TPSA) is 57.1 Å². The number of amides is 1. The van der Waals surface area contributed by atoms with E-state index in [1.54, 1.807) is 16.3 Å². The number of fused-ring (bicyclic) bond motifs is 2. The number of carbonyl (C=O) groups excluding carboxylic acids is 1. The van der Waals surface area contributed by atoms with Crippen LogP contribution in [-0.4, -0.2) is 22.3 Å². The molecule has 7 heteroatoms. The van der Waals surface area contributed by atoms with Gasteiger partial charge in [0.15, 0.2) is 11.3 Å². The Labute approximate surface area is 135 Å². The van der Waals surface area contributed by atoms with Crippen molar-refractivity contribution < 1.29 is 4.79 Å². The first-order chi connectivity index (χ1) is 10.8. The molecule has 2 aromatic rings. The number of nitrogens with zero attached hydrogens (tertiary/aromatic N) is 3. The van der Waals surface area contributed by atoms with Crippen LogP contribution < -0.4 is 15.9 Å². The third-order valence-corrected chi connectivity index (χ3v) is 4.82. The molecular weight excluding hydrogens is 316 g/mol. The summed E-state index contributed by atoms with van der Waals surface area (Å²) in [4.78, 5) is 17.3. The highest BCUT2D eigenvalue weighted by atomic mass is 32.2. The molecular formula is C15H12N4OS2. The number of hydrogen-bond donors (Lipinski definition) is 1. The monoisotopic (exact) mass is 328 g/mol. The Balaban J connectivity index is 2.01. The van der Waals surface area contributed by atoms with Gasteiger partial charge in [-0.05, 0) is 29.1 Å². The van der Waals surface area contributed by atoms with Gasteiger partial charge in [-0.1, -0.05) is 30.0 Å². The van der Waals surface area contributed by atoms with E-state index in [-0.39, 0.29) is 12.1 Å². The molecule has 3 heterocycles. The molecule has 0 unspecified atom stereocenters. The molecule has 0 fully saturated rings. The van der Waals surface area contributed by atoms with Gasteiger partial charge >= 0.3 is 0 Å². The standard InChI is InChI=1S/C15H12N4OS2/c1-21-15-17-14(20)12-10-4-2-3-5-11(10)16-13(19(12)18-15)9-6-7-22-8-9/h2-8,13H,1H3,(H,17,18,20)/t13-/m1/s1. The number of benzene rings is 1. The molecule has 0 aliphatic carbocycles. The number of thioether (sulfide) groups is 1. The zero-order chi connectivity index (χ0) is 15.1. The molecule has 1 aromatic carbocycles. The number of para-hydroxylation sites is 1. The van der Waals surface area contributed by atoms with Crippen molar-refractivity contribution in [3.8, 4) is 0 Å². The van der Waals surface area contributed by atoms with E-state index in [0.717, 1.165) is 16.1 Å². The molecule has 2 aliphatic heterocycles. The van der Waals surface area contributed by atoms with Crippen LogP contribution in [0.25, 0.3) is 5.70 Å². The average Bonchev–Trinajstić information content (AvgIpc) is 3.07. The van der Waals surface area contributed by atoms with Crippen LogP contribution in [0.1, 0.15) is 11.7 Å². The number of hydrogen-bond acceptors (Lipinski definition) is 6. The van der Waals surface area contributed by atoms with Gasteiger partial charge in [-0.25, -0.2) is 5.01 Å². The lowest BCUT2D eigenvalue weighted by molar-refractivity contribution is -0.116. The van der Waals surface area contributed by atoms with Crippen molar-refractivity contribution in [2.45, 2.75) is 6.17 Å². The lowest BCUT2D eigenvalue weighted by atomic mass is 10.1. The minimum atomic E-state index is -0.302. The van der Waals surface area contributed by atoms with Gasteiger partial charge < -0.3 is 0 Å². The fraction of sp³-hybridized carbons (Fsp3) is 0.133. The Bertz CT molecular complexity index is 889. The predicted octanol–water partition coefficient (Wildman–Crippen LogP) is 1.25. The summed E-state index contributed by atoms with van der Waals surface area (Å²) in [6.07, 6.45) is 1.59. The highest BCUT2D eigenvalue weighted by Crippen LogP contribution is 2.31. The lowest BCUT2D eigenvalue weighted by Gasteiger charge is -2.33. The minimum absolute atomic E-state index is 0.137. The Morgan fingerprint density at radius 2 is 2.18 bits per heavy atom. The van der Waals surface area contributed by atoms with E-state index in [1.165, 1.54) is 11.8 Å². The lowest BCUT2D eigenvalue weighted by Crippen LogP contribution is -2.50. The van der Waals surface area contributed by atoms with Gasteiger partial charge in [0.2, 0.25) is 0 Å². The first-order valence-corrected chi connectivity index (χ1v) is 8.87. The van der Waals surface area contributed by atoms with Gasteiger partial charge in [-0.15, -0.1) is 5.10 Å². The van der Waals surface area contributed by atoms with Crippen molar-refractivity contribution >= 4 is 39.9 Å². The third kappa shape index (κ3) is 2.05. The number of thiophene rings is 1. The van der Waals surface area contributed by atoms with E-state index >= 15 is 0 Å². The smallest absolute Gasteiger partial charge is 0.276 e. The second kappa shape index (κ2) is 5.26. The summed E-state index contributed by atoms with van der Waals surface area (Å²) in [6.45, 7) is 0. The first-order valence-electron chi connectivity index (χ1n) is 6.70. The van der Waals surface area contributed by atoms with Gasteiger partial charge in [0, 0.05) is 10.8 Å². The van der Waals surface area contributed by atoms with E-state index in [1.807, 2.05) is 47.3 Å². The van der Waals surface area contributed by atoms with Crippen LogP contribution in [0.4, 0.5) is 0 Å². The molecule has 1 N–H and O–H groups in total. The number of rotatable bonds is 1. The molecule has 0 radical (unpaired) electrons. The Morgan fingerprint density at radius 1 is 1.32 bits per heavy atom. The first kappa shape index (κ1) is 13.5. The second-order valence-corrected chi connectivity index (χ2v) is 6.41. The summed E-state index contributed by atoms with van der Waals surface area (Å²) in [6, 6.07) is 9.70. The predicted molar refractivity (Wildman–Crippen MR) is 88.6 cm³/mol. The van der Waals surface area contributed by atoms with Gasteiger partial charge in [0.05, 0.1) is 5.36 Å². The van der Waals surface area contributed by atoms with Crippen molar-refractivity contribution in [2.24, 2.45) is 10.1 Å². The molecule has 0 saturated heterocycles. The number of nitrogens with one attached hydrogen (secondary N) is 1. The summed E-state index contributed by atoms with van der Waals surface area (Å²) < 4.78 is 0. The number of carbonyl (C=O) groups is 1. The second-order valence-electron chi connectivity index (χ2n) is 4.83. The molecule has 0 bridgehead atoms. The van der Waals surface area contributed by atoms with Gasteiger partial charge in [0.25, 0.3) is 5.91 Å². The molecule has 1 aromatic heterocycles. The maximum absolute atomic E-state index is 12.6. The maximum Gasteiger partial charge on any atom is 0.276 e. The summed E-state index contributed by atoms with van der Waals surface area (Å²) >= 11 is 3.02. The van der Waals surface area contributed by atoms with Gasteiger partial charge in [-0.3, -0.25) is 15.1 Å². The van der Waals surface area contributed by atoms with E-state index in [9.17, 15) is 4.79 Å². The molecule has 1 atom stereocenters. The minimum Gasteiger partial charge on any atom is -0.298 e. The summed E-state index contributed by atoms with van der Waals surface area (Å²) in [7, 11) is 0. The highest BCUT2D eigenvalue weighted by Gasteiger charge is 2.34. The van der Waals surface area contributed by atoms with Crippen LogP contribution in [0, 0.1) is 0 Å². The Morgan fingerprint density at radius 3 is 2.95 bits per heavy atom. The molecule has 22 heavy (non-hydrogen) atoms. The maximum atomic E-state index is 12.6. The van der Waals surface area contributed by atoms with E-state index < -0.39 is 0 Å². The Kier molecular flexibility index (Phi) is 3.24. The van der Waals surface area contributed by atoms with Crippen molar-refractivity contribution in [1.82, 2.24) is 10.3 Å². The van der Waals surface area contributed by atoms with Crippen LogP contribution >= 0.6 is 23.1 Å². The van der Waals surface area contributed by atoms with Gasteiger partial charge in [0.1, 0.15) is 5.70 Å². The Hall–Kier alpha value is -2.12. The molecule has 5 nitrogen and oxygen atoms in total. The van der Waals surface area contributed by atoms with E-state index in [4.69, 9.17) is 4.99 Å². The SMILES string of the molecule is CSC1=NN2C(=c3ccccc3=N[C@H]2c2ccsc2)C(=O)N1. The summed E-state index contributed by atoms with van der Waals surface area (Å²) in [5, 5.41) is 15.4. The molecule has 0 spiro atoms. The van der Waals surface area contributed by atoms with Crippen LogP contribution in [0.15, 0.2) is 51.2 Å². The third-order valence-electron chi connectivity index (χ3n) is 3.55.